The molecule has 3 aromatic heterocycles. The zero-order chi connectivity index (χ0) is 20.9. The second-order valence-corrected chi connectivity index (χ2v) is 7.30. The highest BCUT2D eigenvalue weighted by Crippen LogP contribution is 2.28. The van der Waals surface area contributed by atoms with Gasteiger partial charge in [-0.1, -0.05) is 12.1 Å². The lowest BCUT2D eigenvalue weighted by Gasteiger charge is -2.19. The number of fused-ring (bicyclic) bond motifs is 1. The van der Waals surface area contributed by atoms with Crippen molar-refractivity contribution in [1.29, 1.82) is 0 Å². The van der Waals surface area contributed by atoms with Gasteiger partial charge in [0.1, 0.15) is 5.82 Å². The summed E-state index contributed by atoms with van der Waals surface area (Å²) in [6.45, 7) is 1.82. The molecule has 0 amide bonds. The van der Waals surface area contributed by atoms with Crippen LogP contribution in [-0.4, -0.2) is 64.1 Å². The van der Waals surface area contributed by atoms with Crippen LogP contribution in [0.2, 0.25) is 0 Å². The molecule has 0 bridgehead atoms. The van der Waals surface area contributed by atoms with Crippen LogP contribution < -0.4 is 10.2 Å². The van der Waals surface area contributed by atoms with Gasteiger partial charge in [-0.05, 0) is 31.8 Å². The number of pyridine rings is 1. The number of nitrogens with zero attached hydrogens (tertiary/aromatic N) is 7. The van der Waals surface area contributed by atoms with E-state index in [2.05, 4.69) is 60.2 Å². The summed E-state index contributed by atoms with van der Waals surface area (Å²) in [6, 6.07) is 8.08. The molecule has 1 N–H and O–H groups in total. The van der Waals surface area contributed by atoms with Gasteiger partial charge in [0, 0.05) is 62.1 Å². The zero-order valence-electron chi connectivity index (χ0n) is 17.3. The molecular formula is C22H24N8. The van der Waals surface area contributed by atoms with E-state index < -0.39 is 0 Å². The molecule has 152 valence electrons. The molecule has 8 nitrogen and oxygen atoms in total. The molecule has 30 heavy (non-hydrogen) atoms. The molecule has 0 saturated heterocycles. The number of rotatable bonds is 7. The molecule has 0 fully saturated rings. The highest BCUT2D eigenvalue weighted by molar-refractivity contribution is 5.94. The summed E-state index contributed by atoms with van der Waals surface area (Å²) in [5.74, 6) is 1.41. The van der Waals surface area contributed by atoms with Gasteiger partial charge >= 0.3 is 0 Å². The number of anilines is 3. The van der Waals surface area contributed by atoms with Crippen LogP contribution in [0.5, 0.6) is 0 Å². The van der Waals surface area contributed by atoms with Crippen LogP contribution in [-0.2, 0) is 0 Å². The van der Waals surface area contributed by atoms with E-state index in [-0.39, 0.29) is 0 Å². The molecular weight excluding hydrogens is 376 g/mol. The van der Waals surface area contributed by atoms with Crippen LogP contribution in [0.25, 0.3) is 22.0 Å². The van der Waals surface area contributed by atoms with E-state index in [1.54, 1.807) is 24.8 Å². The smallest absolute Gasteiger partial charge is 0.225 e. The molecule has 0 spiro atoms. The van der Waals surface area contributed by atoms with E-state index in [0.717, 1.165) is 46.8 Å². The number of nitrogens with one attached hydrogen (secondary N) is 1. The Kier molecular flexibility index (Phi) is 5.76. The molecule has 0 atom stereocenters. The third kappa shape index (κ3) is 4.49. The van der Waals surface area contributed by atoms with Gasteiger partial charge in [0.2, 0.25) is 5.95 Å². The molecule has 0 saturated carbocycles. The standard InChI is InChI=1S/C22H24N8/c1-29(2)10-11-30(3)22-26-13-17(14-27-22)16-4-5-18-19(6-7-24-20(18)12-16)28-21-15-23-8-9-25-21/h4-9,12-15H,10-11H2,1-3H3,(H,24,25,28). The lowest BCUT2D eigenvalue weighted by atomic mass is 10.1. The predicted molar refractivity (Wildman–Crippen MR) is 120 cm³/mol. The van der Waals surface area contributed by atoms with Crippen molar-refractivity contribution in [3.05, 3.63) is 61.4 Å². The first-order valence-electron chi connectivity index (χ1n) is 9.70. The van der Waals surface area contributed by atoms with E-state index in [9.17, 15) is 0 Å². The molecule has 0 aliphatic carbocycles. The summed E-state index contributed by atoms with van der Waals surface area (Å²) < 4.78 is 0. The number of aromatic nitrogens is 5. The molecule has 0 aliphatic heterocycles. The maximum absolute atomic E-state index is 4.53. The minimum atomic E-state index is 0.691. The Hall–Kier alpha value is -3.65. The van der Waals surface area contributed by atoms with Crippen LogP contribution in [0, 0.1) is 0 Å². The number of hydrogen-bond donors (Lipinski definition) is 1. The first kappa shape index (κ1) is 19.7. The predicted octanol–water partition coefficient (Wildman–Crippen LogP) is 3.22. The Morgan fingerprint density at radius 3 is 2.37 bits per heavy atom. The van der Waals surface area contributed by atoms with Gasteiger partial charge in [0.25, 0.3) is 0 Å². The topological polar surface area (TPSA) is 83.0 Å². The van der Waals surface area contributed by atoms with E-state index in [4.69, 9.17) is 0 Å². The van der Waals surface area contributed by atoms with Crippen LogP contribution in [0.3, 0.4) is 0 Å². The van der Waals surface area contributed by atoms with Gasteiger partial charge < -0.3 is 15.1 Å². The summed E-state index contributed by atoms with van der Waals surface area (Å²) in [4.78, 5) is 26.2. The van der Waals surface area contributed by atoms with Crippen molar-refractivity contribution in [3.8, 4) is 11.1 Å². The lowest BCUT2D eigenvalue weighted by molar-refractivity contribution is 0.415. The Morgan fingerprint density at radius 1 is 0.800 bits per heavy atom. The molecule has 1 aromatic carbocycles. The van der Waals surface area contributed by atoms with Crippen molar-refractivity contribution in [2.45, 2.75) is 0 Å². The van der Waals surface area contributed by atoms with Crippen LogP contribution in [0.1, 0.15) is 0 Å². The molecule has 4 rings (SSSR count). The largest absolute Gasteiger partial charge is 0.343 e. The minimum Gasteiger partial charge on any atom is -0.343 e. The first-order valence-corrected chi connectivity index (χ1v) is 9.70. The number of likely N-dealkylation sites (N-methyl/N-ethyl adjacent to an activating group) is 2. The summed E-state index contributed by atoms with van der Waals surface area (Å²) in [5.41, 5.74) is 3.79. The Balaban J connectivity index is 1.56. The molecule has 0 aliphatic rings. The highest BCUT2D eigenvalue weighted by atomic mass is 15.2. The van der Waals surface area contributed by atoms with E-state index in [1.807, 2.05) is 37.6 Å². The maximum Gasteiger partial charge on any atom is 0.225 e. The molecule has 0 unspecified atom stereocenters. The maximum atomic E-state index is 4.53. The molecule has 4 aromatic rings. The summed E-state index contributed by atoms with van der Waals surface area (Å²) in [5, 5.41) is 4.31. The van der Waals surface area contributed by atoms with Gasteiger partial charge in [-0.3, -0.25) is 9.97 Å². The fourth-order valence-corrected chi connectivity index (χ4v) is 3.06. The summed E-state index contributed by atoms with van der Waals surface area (Å²) in [6.07, 6.45) is 10.5. The van der Waals surface area contributed by atoms with Gasteiger partial charge in [-0.15, -0.1) is 0 Å². The van der Waals surface area contributed by atoms with Crippen molar-refractivity contribution >= 4 is 28.4 Å². The second kappa shape index (κ2) is 8.79. The minimum absolute atomic E-state index is 0.691. The lowest BCUT2D eigenvalue weighted by Crippen LogP contribution is -2.29. The highest BCUT2D eigenvalue weighted by Gasteiger charge is 2.08. The Morgan fingerprint density at radius 2 is 1.63 bits per heavy atom. The van der Waals surface area contributed by atoms with Crippen molar-refractivity contribution in [3.63, 3.8) is 0 Å². The van der Waals surface area contributed by atoms with E-state index in [1.165, 1.54) is 0 Å². The second-order valence-electron chi connectivity index (χ2n) is 7.30. The number of benzene rings is 1. The summed E-state index contributed by atoms with van der Waals surface area (Å²) >= 11 is 0. The monoisotopic (exact) mass is 400 g/mol. The van der Waals surface area contributed by atoms with Crippen molar-refractivity contribution < 1.29 is 0 Å². The third-order valence-electron chi connectivity index (χ3n) is 4.76. The van der Waals surface area contributed by atoms with Crippen LogP contribution in [0.15, 0.2) is 61.4 Å². The third-order valence-corrected chi connectivity index (χ3v) is 4.76. The molecule has 8 heteroatoms. The van der Waals surface area contributed by atoms with Crippen LogP contribution >= 0.6 is 0 Å². The number of hydrogen-bond acceptors (Lipinski definition) is 8. The fraction of sp³-hybridized carbons (Fsp3) is 0.227. The van der Waals surface area contributed by atoms with E-state index in [0.29, 0.717) is 5.82 Å². The van der Waals surface area contributed by atoms with E-state index >= 15 is 0 Å². The Bertz CT molecular complexity index is 1110. The quantitative estimate of drug-likeness (QED) is 0.506. The van der Waals surface area contributed by atoms with Crippen LogP contribution in [0.4, 0.5) is 17.5 Å². The molecule has 0 radical (unpaired) electrons. The van der Waals surface area contributed by atoms with Gasteiger partial charge in [-0.25, -0.2) is 15.0 Å². The van der Waals surface area contributed by atoms with Crippen molar-refractivity contribution in [2.24, 2.45) is 0 Å². The first-order chi connectivity index (χ1) is 14.6. The SMILES string of the molecule is CN(C)CCN(C)c1ncc(-c2ccc3c(Nc4cnccn4)ccnc3c2)cn1. The van der Waals surface area contributed by atoms with Gasteiger partial charge in [0.15, 0.2) is 0 Å². The summed E-state index contributed by atoms with van der Waals surface area (Å²) in [7, 11) is 6.11. The Labute approximate surface area is 175 Å². The fourth-order valence-electron chi connectivity index (χ4n) is 3.06. The van der Waals surface area contributed by atoms with Gasteiger partial charge in [0.05, 0.1) is 17.4 Å². The van der Waals surface area contributed by atoms with Crippen molar-refractivity contribution in [2.75, 3.05) is 44.4 Å². The zero-order valence-corrected chi connectivity index (χ0v) is 17.3. The normalized spacial score (nSPS) is 11.1. The molecule has 3 heterocycles. The average molecular weight is 400 g/mol. The average Bonchev–Trinajstić information content (AvgIpc) is 2.78. The van der Waals surface area contributed by atoms with Crippen molar-refractivity contribution in [1.82, 2.24) is 29.8 Å². The van der Waals surface area contributed by atoms with Gasteiger partial charge in [-0.2, -0.15) is 0 Å².